The lowest BCUT2D eigenvalue weighted by Gasteiger charge is -2.33. The zero-order valence-corrected chi connectivity index (χ0v) is 12.8. The van der Waals surface area contributed by atoms with Crippen molar-refractivity contribution in [2.45, 2.75) is 25.8 Å². The van der Waals surface area contributed by atoms with E-state index in [4.69, 9.17) is 4.74 Å². The van der Waals surface area contributed by atoms with E-state index in [1.807, 2.05) is 12.3 Å². The number of hydrogen-bond donors (Lipinski definition) is 1. The summed E-state index contributed by atoms with van der Waals surface area (Å²) >= 11 is 0. The Balaban J connectivity index is 1.87. The second kappa shape index (κ2) is 6.31. The number of ether oxygens (including phenoxy) is 1. The molecule has 0 unspecified atom stereocenters. The Hall–Kier alpha value is -1.81. The van der Waals surface area contributed by atoms with E-state index in [1.165, 1.54) is 23.6 Å². The lowest BCUT2D eigenvalue weighted by Crippen LogP contribution is -2.42. The van der Waals surface area contributed by atoms with Gasteiger partial charge in [-0.25, -0.2) is 4.98 Å². The number of pyridine rings is 1. The number of methoxy groups -OCH3 is 1. The van der Waals surface area contributed by atoms with Crippen LogP contribution in [-0.4, -0.2) is 37.8 Å². The van der Waals surface area contributed by atoms with Crippen LogP contribution in [0.5, 0.6) is 5.75 Å². The van der Waals surface area contributed by atoms with E-state index in [2.05, 4.69) is 40.3 Å². The fourth-order valence-corrected chi connectivity index (χ4v) is 3.10. The number of fused-ring (bicyclic) bond motifs is 1. The van der Waals surface area contributed by atoms with Gasteiger partial charge in [-0.05, 0) is 43.0 Å². The minimum absolute atomic E-state index is 0.649. The van der Waals surface area contributed by atoms with E-state index in [9.17, 15) is 0 Å². The topological polar surface area (TPSA) is 37.4 Å². The van der Waals surface area contributed by atoms with Crippen molar-refractivity contribution >= 4 is 16.6 Å². The summed E-state index contributed by atoms with van der Waals surface area (Å²) in [6.45, 7) is 5.33. The van der Waals surface area contributed by atoms with Gasteiger partial charge in [0.2, 0.25) is 0 Å². The SMILES string of the molecule is CCNC1CCN(c2nccc3ccc(OC)cc23)CC1. The molecule has 0 bridgehead atoms. The maximum Gasteiger partial charge on any atom is 0.136 e. The maximum absolute atomic E-state index is 5.36. The van der Waals surface area contributed by atoms with Crippen molar-refractivity contribution in [3.63, 3.8) is 0 Å². The molecule has 4 heteroatoms. The standard InChI is InChI=1S/C17H23N3O/c1-3-18-14-7-10-20(11-8-14)17-16-12-15(21-2)5-4-13(16)6-9-19-17/h4-6,9,12,14,18H,3,7-8,10-11H2,1-2H3. The highest BCUT2D eigenvalue weighted by atomic mass is 16.5. The Morgan fingerprint density at radius 2 is 2.10 bits per heavy atom. The van der Waals surface area contributed by atoms with Crippen molar-refractivity contribution in [3.05, 3.63) is 30.5 Å². The molecule has 21 heavy (non-hydrogen) atoms. The number of anilines is 1. The minimum atomic E-state index is 0.649. The molecule has 1 aromatic carbocycles. The quantitative estimate of drug-likeness (QED) is 0.937. The summed E-state index contributed by atoms with van der Waals surface area (Å²) in [5.74, 6) is 1.97. The summed E-state index contributed by atoms with van der Waals surface area (Å²) in [6, 6.07) is 8.90. The number of benzene rings is 1. The number of hydrogen-bond acceptors (Lipinski definition) is 4. The molecule has 0 spiro atoms. The van der Waals surface area contributed by atoms with Gasteiger partial charge in [-0.1, -0.05) is 13.0 Å². The van der Waals surface area contributed by atoms with Crippen LogP contribution in [0.15, 0.2) is 30.5 Å². The smallest absolute Gasteiger partial charge is 0.136 e. The Kier molecular flexibility index (Phi) is 4.25. The van der Waals surface area contributed by atoms with Crippen molar-refractivity contribution < 1.29 is 4.74 Å². The second-order valence-electron chi connectivity index (χ2n) is 5.54. The van der Waals surface area contributed by atoms with Gasteiger partial charge in [0, 0.05) is 30.7 Å². The van der Waals surface area contributed by atoms with Crippen LogP contribution in [0.3, 0.4) is 0 Å². The Morgan fingerprint density at radius 3 is 2.81 bits per heavy atom. The molecule has 0 radical (unpaired) electrons. The van der Waals surface area contributed by atoms with E-state index in [-0.39, 0.29) is 0 Å². The van der Waals surface area contributed by atoms with Gasteiger partial charge >= 0.3 is 0 Å². The van der Waals surface area contributed by atoms with Crippen molar-refractivity contribution in [3.8, 4) is 5.75 Å². The molecule has 112 valence electrons. The summed E-state index contributed by atoms with van der Waals surface area (Å²) in [5.41, 5.74) is 0. The molecule has 0 aliphatic carbocycles. The molecule has 3 rings (SSSR count). The third-order valence-corrected chi connectivity index (χ3v) is 4.24. The molecule has 0 atom stereocenters. The third-order valence-electron chi connectivity index (χ3n) is 4.24. The molecule has 1 fully saturated rings. The van der Waals surface area contributed by atoms with Crippen molar-refractivity contribution in [2.75, 3.05) is 31.6 Å². The van der Waals surface area contributed by atoms with Crippen LogP contribution in [-0.2, 0) is 0 Å². The molecule has 2 aromatic rings. The van der Waals surface area contributed by atoms with Gasteiger partial charge in [0.1, 0.15) is 11.6 Å². The minimum Gasteiger partial charge on any atom is -0.497 e. The van der Waals surface area contributed by atoms with Crippen LogP contribution in [0.4, 0.5) is 5.82 Å². The highest BCUT2D eigenvalue weighted by Gasteiger charge is 2.20. The van der Waals surface area contributed by atoms with Gasteiger partial charge in [-0.15, -0.1) is 0 Å². The van der Waals surface area contributed by atoms with Crippen molar-refractivity contribution in [1.82, 2.24) is 10.3 Å². The van der Waals surface area contributed by atoms with Gasteiger partial charge < -0.3 is 15.0 Å². The molecular formula is C17H23N3O. The van der Waals surface area contributed by atoms with Gasteiger partial charge in [-0.3, -0.25) is 0 Å². The highest BCUT2D eigenvalue weighted by molar-refractivity contribution is 5.93. The van der Waals surface area contributed by atoms with Crippen LogP contribution in [0.25, 0.3) is 10.8 Å². The van der Waals surface area contributed by atoms with Crippen LogP contribution in [0.2, 0.25) is 0 Å². The zero-order valence-electron chi connectivity index (χ0n) is 12.8. The molecule has 1 saturated heterocycles. The normalized spacial score (nSPS) is 16.4. The number of piperidine rings is 1. The molecule has 2 heterocycles. The molecule has 4 nitrogen and oxygen atoms in total. The van der Waals surface area contributed by atoms with Gasteiger partial charge in [0.05, 0.1) is 7.11 Å². The first-order valence-electron chi connectivity index (χ1n) is 7.73. The molecule has 1 aliphatic rings. The summed E-state index contributed by atoms with van der Waals surface area (Å²) in [5, 5.41) is 5.94. The fourth-order valence-electron chi connectivity index (χ4n) is 3.10. The van der Waals surface area contributed by atoms with Crippen LogP contribution >= 0.6 is 0 Å². The van der Waals surface area contributed by atoms with Gasteiger partial charge in [0.15, 0.2) is 0 Å². The van der Waals surface area contributed by atoms with E-state index >= 15 is 0 Å². The zero-order chi connectivity index (χ0) is 14.7. The van der Waals surface area contributed by atoms with E-state index in [0.717, 1.165) is 31.2 Å². The number of nitrogens with zero attached hydrogens (tertiary/aromatic N) is 2. The lowest BCUT2D eigenvalue weighted by molar-refractivity contribution is 0.415. The monoisotopic (exact) mass is 285 g/mol. The highest BCUT2D eigenvalue weighted by Crippen LogP contribution is 2.29. The van der Waals surface area contributed by atoms with E-state index in [1.54, 1.807) is 7.11 Å². The molecule has 1 N–H and O–H groups in total. The first-order valence-corrected chi connectivity index (χ1v) is 7.73. The molecular weight excluding hydrogens is 262 g/mol. The van der Waals surface area contributed by atoms with Crippen molar-refractivity contribution in [1.29, 1.82) is 0 Å². The third kappa shape index (κ3) is 2.95. The number of rotatable bonds is 4. The Bertz CT molecular complexity index is 606. The summed E-state index contributed by atoms with van der Waals surface area (Å²) < 4.78 is 5.36. The fraction of sp³-hybridized carbons (Fsp3) is 0.471. The van der Waals surface area contributed by atoms with E-state index < -0.39 is 0 Å². The summed E-state index contributed by atoms with van der Waals surface area (Å²) in [7, 11) is 1.71. The van der Waals surface area contributed by atoms with Gasteiger partial charge in [-0.2, -0.15) is 0 Å². The van der Waals surface area contributed by atoms with Crippen LogP contribution in [0, 0.1) is 0 Å². The second-order valence-corrected chi connectivity index (χ2v) is 5.54. The van der Waals surface area contributed by atoms with Crippen LogP contribution < -0.4 is 15.0 Å². The molecule has 1 aromatic heterocycles. The maximum atomic E-state index is 5.36. The summed E-state index contributed by atoms with van der Waals surface area (Å²) in [4.78, 5) is 7.03. The Labute approximate surface area is 126 Å². The first-order chi connectivity index (χ1) is 10.3. The molecule has 0 saturated carbocycles. The van der Waals surface area contributed by atoms with E-state index in [0.29, 0.717) is 6.04 Å². The predicted octanol–water partition coefficient (Wildman–Crippen LogP) is 2.82. The van der Waals surface area contributed by atoms with Crippen molar-refractivity contribution in [2.24, 2.45) is 0 Å². The number of aromatic nitrogens is 1. The average molecular weight is 285 g/mol. The summed E-state index contributed by atoms with van der Waals surface area (Å²) in [6.07, 6.45) is 4.26. The molecule has 0 amide bonds. The van der Waals surface area contributed by atoms with Gasteiger partial charge in [0.25, 0.3) is 0 Å². The lowest BCUT2D eigenvalue weighted by atomic mass is 10.0. The largest absolute Gasteiger partial charge is 0.497 e. The Morgan fingerprint density at radius 1 is 1.29 bits per heavy atom. The predicted molar refractivity (Wildman–Crippen MR) is 87.2 cm³/mol. The molecule has 1 aliphatic heterocycles. The first kappa shape index (κ1) is 14.1. The van der Waals surface area contributed by atoms with Crippen LogP contribution in [0.1, 0.15) is 19.8 Å². The average Bonchev–Trinajstić information content (AvgIpc) is 2.55. The number of nitrogens with one attached hydrogen (secondary N) is 1.